The van der Waals surface area contributed by atoms with Gasteiger partial charge in [-0.05, 0) is 73.1 Å². The first-order chi connectivity index (χ1) is 12.6. The van der Waals surface area contributed by atoms with Crippen molar-refractivity contribution < 1.29 is 5.11 Å². The smallest absolute Gasteiger partial charge is 0.0431 e. The van der Waals surface area contributed by atoms with E-state index in [-0.39, 0.29) is 0 Å². The molecule has 0 aliphatic carbocycles. The summed E-state index contributed by atoms with van der Waals surface area (Å²) in [4.78, 5) is 0. The number of rotatable bonds is 11. The fourth-order valence-corrected chi connectivity index (χ4v) is 3.80. The second-order valence-corrected chi connectivity index (χ2v) is 7.79. The molecule has 142 valence electrons. The molecule has 0 aromatic heterocycles. The minimum atomic E-state index is 0.338. The molecule has 2 heteroatoms. The van der Waals surface area contributed by atoms with Crippen molar-refractivity contribution in [2.24, 2.45) is 0 Å². The summed E-state index contributed by atoms with van der Waals surface area (Å²) in [6, 6.07) is 12.8. The third kappa shape index (κ3) is 6.45. The number of hydrogen-bond acceptors (Lipinski definition) is 1. The first-order valence-electron chi connectivity index (χ1n) is 10.1. The van der Waals surface area contributed by atoms with Crippen LogP contribution in [0.4, 0.5) is 0 Å². The molecule has 1 nitrogen and oxygen atoms in total. The van der Waals surface area contributed by atoms with E-state index in [4.69, 9.17) is 16.7 Å². The third-order valence-electron chi connectivity index (χ3n) is 5.29. The van der Waals surface area contributed by atoms with Crippen LogP contribution in [-0.4, -0.2) is 11.7 Å². The normalized spacial score (nSPS) is 11.1. The highest BCUT2D eigenvalue weighted by atomic mass is 35.5. The molecule has 0 amide bonds. The summed E-state index contributed by atoms with van der Waals surface area (Å²) >= 11 is 6.23. The highest BCUT2D eigenvalue weighted by molar-refractivity contribution is 6.30. The Morgan fingerprint density at radius 1 is 0.808 bits per heavy atom. The van der Waals surface area contributed by atoms with Gasteiger partial charge in [-0.3, -0.25) is 0 Å². The monoisotopic (exact) mass is 372 g/mol. The fraction of sp³-hybridized carbons (Fsp3) is 0.500. The van der Waals surface area contributed by atoms with Gasteiger partial charge in [0.1, 0.15) is 0 Å². The second kappa shape index (κ2) is 11.4. The molecule has 0 fully saturated rings. The lowest BCUT2D eigenvalue weighted by molar-refractivity contribution is 0.282. The van der Waals surface area contributed by atoms with Gasteiger partial charge in [0.05, 0.1) is 0 Å². The molecule has 1 N–H and O–H groups in total. The molecule has 0 aliphatic heterocycles. The van der Waals surface area contributed by atoms with Crippen LogP contribution in [0.15, 0.2) is 36.4 Å². The van der Waals surface area contributed by atoms with Gasteiger partial charge in [0.25, 0.3) is 0 Å². The van der Waals surface area contributed by atoms with Crippen molar-refractivity contribution in [3.05, 3.63) is 58.1 Å². The van der Waals surface area contributed by atoms with E-state index in [2.05, 4.69) is 38.1 Å². The van der Waals surface area contributed by atoms with Gasteiger partial charge < -0.3 is 5.11 Å². The molecular formula is C24H33ClO. The van der Waals surface area contributed by atoms with Gasteiger partial charge in [0, 0.05) is 11.6 Å². The van der Waals surface area contributed by atoms with Crippen LogP contribution >= 0.6 is 11.6 Å². The molecule has 0 spiro atoms. The van der Waals surface area contributed by atoms with E-state index < -0.39 is 0 Å². The Bertz CT molecular complexity index is 678. The van der Waals surface area contributed by atoms with Gasteiger partial charge in [0.15, 0.2) is 0 Å². The second-order valence-electron chi connectivity index (χ2n) is 7.35. The van der Waals surface area contributed by atoms with Crippen LogP contribution in [0.25, 0.3) is 11.1 Å². The third-order valence-corrected chi connectivity index (χ3v) is 5.52. The van der Waals surface area contributed by atoms with Crippen LogP contribution in [0.5, 0.6) is 0 Å². The van der Waals surface area contributed by atoms with Crippen LogP contribution < -0.4 is 0 Å². The highest BCUT2D eigenvalue weighted by Gasteiger charge is 2.10. The zero-order valence-electron chi connectivity index (χ0n) is 16.4. The summed E-state index contributed by atoms with van der Waals surface area (Å²) in [5.41, 5.74) is 6.76. The molecule has 2 aromatic rings. The number of hydrogen-bond donors (Lipinski definition) is 1. The van der Waals surface area contributed by atoms with E-state index in [1.54, 1.807) is 0 Å². The average Bonchev–Trinajstić information content (AvgIpc) is 2.63. The minimum absolute atomic E-state index is 0.338. The number of aliphatic hydroxyl groups is 1. The molecule has 0 saturated carbocycles. The van der Waals surface area contributed by atoms with Crippen molar-refractivity contribution in [3.8, 4) is 11.1 Å². The Morgan fingerprint density at radius 3 is 2.12 bits per heavy atom. The first-order valence-corrected chi connectivity index (χ1v) is 10.5. The maximum atomic E-state index is 8.80. The largest absolute Gasteiger partial charge is 0.396 e. The Morgan fingerprint density at radius 2 is 1.46 bits per heavy atom. The lowest BCUT2D eigenvalue weighted by Crippen LogP contribution is -1.96. The van der Waals surface area contributed by atoms with Crippen LogP contribution in [0.1, 0.15) is 68.1 Å². The topological polar surface area (TPSA) is 20.2 Å². The number of aliphatic hydroxyl groups excluding tert-OH is 1. The van der Waals surface area contributed by atoms with E-state index in [1.807, 2.05) is 12.1 Å². The summed E-state index contributed by atoms with van der Waals surface area (Å²) < 4.78 is 0. The van der Waals surface area contributed by atoms with Gasteiger partial charge >= 0.3 is 0 Å². The summed E-state index contributed by atoms with van der Waals surface area (Å²) in [6.07, 6.45) is 11.0. The van der Waals surface area contributed by atoms with Crippen molar-refractivity contribution in [2.45, 2.75) is 71.6 Å². The van der Waals surface area contributed by atoms with E-state index in [9.17, 15) is 0 Å². The molecule has 0 bridgehead atoms. The highest BCUT2D eigenvalue weighted by Crippen LogP contribution is 2.32. The van der Waals surface area contributed by atoms with E-state index in [0.29, 0.717) is 6.61 Å². The number of unbranched alkanes of at least 4 members (excludes halogenated alkanes) is 7. The van der Waals surface area contributed by atoms with Crippen LogP contribution in [0.3, 0.4) is 0 Å². The number of benzene rings is 2. The maximum absolute atomic E-state index is 8.80. The van der Waals surface area contributed by atoms with Crippen molar-refractivity contribution in [3.63, 3.8) is 0 Å². The van der Waals surface area contributed by atoms with Gasteiger partial charge in [-0.2, -0.15) is 0 Å². The average molecular weight is 373 g/mol. The molecule has 2 rings (SSSR count). The summed E-state index contributed by atoms with van der Waals surface area (Å²) in [6.45, 7) is 4.75. The van der Waals surface area contributed by atoms with Crippen LogP contribution in [-0.2, 0) is 6.42 Å². The fourth-order valence-electron chi connectivity index (χ4n) is 3.61. The first kappa shape index (κ1) is 21.0. The van der Waals surface area contributed by atoms with Crippen molar-refractivity contribution >= 4 is 11.6 Å². The Kier molecular flexibility index (Phi) is 9.22. The van der Waals surface area contributed by atoms with Gasteiger partial charge in [-0.1, -0.05) is 74.4 Å². The summed E-state index contributed by atoms with van der Waals surface area (Å²) in [5.74, 6) is 0. The lowest BCUT2D eigenvalue weighted by Gasteiger charge is -2.16. The lowest BCUT2D eigenvalue weighted by atomic mass is 9.89. The van der Waals surface area contributed by atoms with E-state index >= 15 is 0 Å². The molecule has 0 aliphatic rings. The molecular weight excluding hydrogens is 340 g/mol. The zero-order chi connectivity index (χ0) is 18.8. The quantitative estimate of drug-likeness (QED) is 0.411. The van der Waals surface area contributed by atoms with E-state index in [0.717, 1.165) is 17.9 Å². The molecule has 0 heterocycles. The predicted molar refractivity (Wildman–Crippen MR) is 114 cm³/mol. The molecule has 0 saturated heterocycles. The van der Waals surface area contributed by atoms with Gasteiger partial charge in [0.2, 0.25) is 0 Å². The van der Waals surface area contributed by atoms with Crippen molar-refractivity contribution in [2.75, 3.05) is 6.61 Å². The number of aryl methyl sites for hydroxylation is 2. The van der Waals surface area contributed by atoms with Gasteiger partial charge in [-0.15, -0.1) is 0 Å². The van der Waals surface area contributed by atoms with E-state index in [1.165, 1.54) is 72.8 Å². The molecule has 0 unspecified atom stereocenters. The van der Waals surface area contributed by atoms with Crippen molar-refractivity contribution in [1.29, 1.82) is 0 Å². The van der Waals surface area contributed by atoms with Crippen LogP contribution in [0.2, 0.25) is 5.02 Å². The zero-order valence-corrected chi connectivity index (χ0v) is 17.1. The SMILES string of the molecule is Cc1ccc(CCCCCCCCCCO)c(-c2cccc(Cl)c2)c1C. The Labute approximate surface area is 164 Å². The molecule has 0 atom stereocenters. The molecule has 26 heavy (non-hydrogen) atoms. The number of halogens is 1. The Hall–Kier alpha value is -1.31. The van der Waals surface area contributed by atoms with Crippen LogP contribution in [0, 0.1) is 13.8 Å². The molecule has 2 aromatic carbocycles. The predicted octanol–water partition coefficient (Wildman–Crippen LogP) is 7.28. The minimum Gasteiger partial charge on any atom is -0.396 e. The molecule has 0 radical (unpaired) electrons. The standard InChI is InChI=1S/C24H33ClO/c1-19-15-16-21(12-9-7-5-3-4-6-8-10-17-26)24(20(19)2)22-13-11-14-23(25)18-22/h11,13-16,18,26H,3-10,12,17H2,1-2H3. The summed E-state index contributed by atoms with van der Waals surface area (Å²) in [5, 5.41) is 9.60. The summed E-state index contributed by atoms with van der Waals surface area (Å²) in [7, 11) is 0. The maximum Gasteiger partial charge on any atom is 0.0431 e. The van der Waals surface area contributed by atoms with Crippen molar-refractivity contribution in [1.82, 2.24) is 0 Å². The van der Waals surface area contributed by atoms with Gasteiger partial charge in [-0.25, -0.2) is 0 Å². The Balaban J connectivity index is 1.90.